The summed E-state index contributed by atoms with van der Waals surface area (Å²) in [4.78, 5) is 24.9. The first-order chi connectivity index (χ1) is 8.56. The molecule has 1 aliphatic rings. The Kier molecular flexibility index (Phi) is 6.07. The number of nitrogens with two attached hydrogens (primary N) is 1. The van der Waals surface area contributed by atoms with Gasteiger partial charge in [0, 0.05) is 13.1 Å². The van der Waals surface area contributed by atoms with Crippen LogP contribution in [0.2, 0.25) is 0 Å². The van der Waals surface area contributed by atoms with Crippen molar-refractivity contribution in [3.8, 4) is 0 Å². The summed E-state index contributed by atoms with van der Waals surface area (Å²) in [5.74, 6) is 0.792. The first-order valence-corrected chi connectivity index (χ1v) is 6.56. The molecule has 0 radical (unpaired) electrons. The van der Waals surface area contributed by atoms with Gasteiger partial charge >= 0.3 is 6.03 Å². The predicted molar refractivity (Wildman–Crippen MR) is 70.0 cm³/mol. The smallest absolute Gasteiger partial charge is 0.321 e. The van der Waals surface area contributed by atoms with Crippen LogP contribution in [-0.2, 0) is 4.79 Å². The number of urea groups is 1. The lowest BCUT2D eigenvalue weighted by molar-refractivity contribution is -0.121. The van der Waals surface area contributed by atoms with Crippen molar-refractivity contribution in [2.75, 3.05) is 32.7 Å². The molecule has 0 saturated carbocycles. The van der Waals surface area contributed by atoms with Gasteiger partial charge in [-0.15, -0.1) is 0 Å². The Morgan fingerprint density at radius 1 is 1.44 bits per heavy atom. The Morgan fingerprint density at radius 3 is 2.78 bits per heavy atom. The van der Waals surface area contributed by atoms with E-state index in [0.29, 0.717) is 24.9 Å². The highest BCUT2D eigenvalue weighted by Gasteiger charge is 2.26. The van der Waals surface area contributed by atoms with Gasteiger partial charge in [-0.05, 0) is 38.3 Å². The molecule has 0 aromatic heterocycles. The van der Waals surface area contributed by atoms with Crippen LogP contribution in [0.3, 0.4) is 0 Å². The molecule has 2 unspecified atom stereocenters. The second kappa shape index (κ2) is 7.33. The Hall–Kier alpha value is -1.14. The molecule has 0 aromatic rings. The minimum atomic E-state index is -0.428. The van der Waals surface area contributed by atoms with Gasteiger partial charge in [0.05, 0.1) is 6.54 Å². The number of carbonyl (C=O) groups is 2. The zero-order valence-electron chi connectivity index (χ0n) is 11.2. The number of rotatable bonds is 4. The molecular formula is C12H24N4O2. The summed E-state index contributed by atoms with van der Waals surface area (Å²) in [5, 5.41) is 4.84. The van der Waals surface area contributed by atoms with Gasteiger partial charge in [-0.25, -0.2) is 4.79 Å². The summed E-state index contributed by atoms with van der Waals surface area (Å²) in [7, 11) is 0. The van der Waals surface area contributed by atoms with E-state index in [1.54, 1.807) is 0 Å². The topological polar surface area (TPSA) is 87.5 Å². The van der Waals surface area contributed by atoms with Crippen LogP contribution in [0.1, 0.15) is 20.3 Å². The number of hydrogen-bond donors (Lipinski definition) is 3. The lowest BCUT2D eigenvalue weighted by Crippen LogP contribution is -2.49. The summed E-state index contributed by atoms with van der Waals surface area (Å²) in [6.45, 7) is 7.15. The predicted octanol–water partition coefficient (Wildman–Crippen LogP) is -0.251. The van der Waals surface area contributed by atoms with E-state index < -0.39 is 6.03 Å². The molecule has 3 amide bonds. The van der Waals surface area contributed by atoms with Gasteiger partial charge in [0.15, 0.2) is 0 Å². The lowest BCUT2D eigenvalue weighted by Gasteiger charge is -2.36. The molecule has 104 valence electrons. The monoisotopic (exact) mass is 256 g/mol. The highest BCUT2D eigenvalue weighted by atomic mass is 16.2. The third-order valence-corrected chi connectivity index (χ3v) is 3.46. The molecule has 4 N–H and O–H groups in total. The van der Waals surface area contributed by atoms with Crippen molar-refractivity contribution in [2.45, 2.75) is 20.3 Å². The number of carbonyl (C=O) groups excluding carboxylic acids is 2. The van der Waals surface area contributed by atoms with E-state index in [1.807, 2.05) is 6.92 Å². The highest BCUT2D eigenvalue weighted by molar-refractivity contribution is 5.95. The fourth-order valence-corrected chi connectivity index (χ4v) is 2.25. The molecule has 0 spiro atoms. The molecule has 2 atom stereocenters. The van der Waals surface area contributed by atoms with Gasteiger partial charge in [0.25, 0.3) is 0 Å². The van der Waals surface area contributed by atoms with Gasteiger partial charge < -0.3 is 11.1 Å². The molecule has 0 aromatic carbocycles. The molecule has 0 aliphatic carbocycles. The number of amides is 3. The van der Waals surface area contributed by atoms with Crippen LogP contribution in [-0.4, -0.2) is 49.6 Å². The molecule has 6 nitrogen and oxygen atoms in total. The van der Waals surface area contributed by atoms with E-state index >= 15 is 0 Å². The minimum Gasteiger partial charge on any atom is -0.338 e. The number of nitrogens with zero attached hydrogens (tertiary/aromatic N) is 1. The van der Waals surface area contributed by atoms with Crippen molar-refractivity contribution < 1.29 is 9.59 Å². The number of hydrogen-bond acceptors (Lipinski definition) is 4. The fraction of sp³-hybridized carbons (Fsp3) is 0.833. The zero-order chi connectivity index (χ0) is 13.5. The molecule has 1 heterocycles. The normalized spacial score (nSPS) is 24.6. The molecule has 1 rings (SSSR count). The van der Waals surface area contributed by atoms with Crippen LogP contribution in [0.25, 0.3) is 0 Å². The summed E-state index contributed by atoms with van der Waals surface area (Å²) in [6.07, 6.45) is 1.05. The van der Waals surface area contributed by atoms with E-state index in [4.69, 9.17) is 5.73 Å². The largest absolute Gasteiger partial charge is 0.338 e. The maximum absolute atomic E-state index is 11.6. The lowest BCUT2D eigenvalue weighted by atomic mass is 9.87. The molecule has 0 bridgehead atoms. The van der Waals surface area contributed by atoms with E-state index in [9.17, 15) is 9.59 Å². The van der Waals surface area contributed by atoms with Gasteiger partial charge in [-0.1, -0.05) is 6.92 Å². The maximum atomic E-state index is 11.6. The van der Waals surface area contributed by atoms with Gasteiger partial charge in [0.1, 0.15) is 0 Å². The van der Waals surface area contributed by atoms with Gasteiger partial charge in [0.2, 0.25) is 5.91 Å². The third-order valence-electron chi connectivity index (χ3n) is 3.46. The van der Waals surface area contributed by atoms with Crippen molar-refractivity contribution >= 4 is 11.9 Å². The van der Waals surface area contributed by atoms with Crippen LogP contribution in [0, 0.1) is 11.8 Å². The Labute approximate surface area is 108 Å². The zero-order valence-corrected chi connectivity index (χ0v) is 11.2. The standard InChI is InChI=1S/C12H24N4O2/c1-3-14-12(18)15-11(17)8-16-5-4-9(2)10(6-13)7-16/h9-10H,3-8,13H2,1-2H3,(H2,14,15,17,18). The first kappa shape index (κ1) is 14.9. The number of nitrogens with one attached hydrogen (secondary N) is 2. The molecular weight excluding hydrogens is 232 g/mol. The van der Waals surface area contributed by atoms with E-state index in [1.165, 1.54) is 0 Å². The first-order valence-electron chi connectivity index (χ1n) is 6.56. The van der Waals surface area contributed by atoms with Gasteiger partial charge in [-0.2, -0.15) is 0 Å². The molecule has 6 heteroatoms. The van der Waals surface area contributed by atoms with Crippen molar-refractivity contribution in [1.29, 1.82) is 0 Å². The van der Waals surface area contributed by atoms with Crippen LogP contribution in [0.5, 0.6) is 0 Å². The quantitative estimate of drug-likeness (QED) is 0.647. The maximum Gasteiger partial charge on any atom is 0.321 e. The average Bonchev–Trinajstić information content (AvgIpc) is 2.31. The Morgan fingerprint density at radius 2 is 2.17 bits per heavy atom. The Balaban J connectivity index is 2.34. The van der Waals surface area contributed by atoms with Gasteiger partial charge in [-0.3, -0.25) is 15.0 Å². The molecule has 1 aliphatic heterocycles. The summed E-state index contributed by atoms with van der Waals surface area (Å²) < 4.78 is 0. The van der Waals surface area contributed by atoms with E-state index in [2.05, 4.69) is 22.5 Å². The van der Waals surface area contributed by atoms with Crippen molar-refractivity contribution in [3.63, 3.8) is 0 Å². The fourth-order valence-electron chi connectivity index (χ4n) is 2.25. The second-order valence-electron chi connectivity index (χ2n) is 4.90. The molecule has 1 fully saturated rings. The highest BCUT2D eigenvalue weighted by Crippen LogP contribution is 2.21. The number of imide groups is 1. The SMILES string of the molecule is CCNC(=O)NC(=O)CN1CCC(C)C(CN)C1. The minimum absolute atomic E-state index is 0.258. The number of piperidine rings is 1. The van der Waals surface area contributed by atoms with Crippen LogP contribution < -0.4 is 16.4 Å². The van der Waals surface area contributed by atoms with Crippen LogP contribution in [0.15, 0.2) is 0 Å². The Bertz CT molecular complexity index is 296. The number of likely N-dealkylation sites (tertiary alicyclic amines) is 1. The third kappa shape index (κ3) is 4.62. The summed E-state index contributed by atoms with van der Waals surface area (Å²) in [6, 6.07) is -0.428. The van der Waals surface area contributed by atoms with Crippen molar-refractivity contribution in [1.82, 2.24) is 15.5 Å². The van der Waals surface area contributed by atoms with Crippen molar-refractivity contribution in [3.05, 3.63) is 0 Å². The second-order valence-corrected chi connectivity index (χ2v) is 4.90. The molecule has 1 saturated heterocycles. The molecule has 18 heavy (non-hydrogen) atoms. The van der Waals surface area contributed by atoms with Crippen LogP contribution >= 0.6 is 0 Å². The van der Waals surface area contributed by atoms with Crippen molar-refractivity contribution in [2.24, 2.45) is 17.6 Å². The van der Waals surface area contributed by atoms with E-state index in [-0.39, 0.29) is 12.5 Å². The summed E-state index contributed by atoms with van der Waals surface area (Å²) in [5.41, 5.74) is 5.72. The van der Waals surface area contributed by atoms with Crippen LogP contribution in [0.4, 0.5) is 4.79 Å². The summed E-state index contributed by atoms with van der Waals surface area (Å²) >= 11 is 0. The van der Waals surface area contributed by atoms with E-state index in [0.717, 1.165) is 19.5 Å². The average molecular weight is 256 g/mol.